The Labute approximate surface area is 253 Å². The number of hydrogen-bond donors (Lipinski definition) is 2. The summed E-state index contributed by atoms with van der Waals surface area (Å²) >= 11 is 0. The fourth-order valence-electron chi connectivity index (χ4n) is 5.14. The summed E-state index contributed by atoms with van der Waals surface area (Å²) in [7, 11) is 4.65. The van der Waals surface area contributed by atoms with Gasteiger partial charge >= 0.3 is 0 Å². The summed E-state index contributed by atoms with van der Waals surface area (Å²) in [6.45, 7) is 11.3. The molecular formula is C35H41N3O5. The van der Waals surface area contributed by atoms with Crippen molar-refractivity contribution in [2.75, 3.05) is 34.4 Å². The molecule has 0 aliphatic heterocycles. The summed E-state index contributed by atoms with van der Waals surface area (Å²) in [6, 6.07) is 17.2. The largest absolute Gasteiger partial charge is 0.493 e. The zero-order valence-corrected chi connectivity index (χ0v) is 26.3. The van der Waals surface area contributed by atoms with Gasteiger partial charge in [-0.3, -0.25) is 9.59 Å². The number of fused-ring (bicyclic) bond motifs is 1. The smallest absolute Gasteiger partial charge is 0.252 e. The van der Waals surface area contributed by atoms with Crippen LogP contribution in [0, 0.1) is 13.8 Å². The second-order valence-electron chi connectivity index (χ2n) is 11.6. The van der Waals surface area contributed by atoms with Crippen LogP contribution in [0.5, 0.6) is 17.2 Å². The number of carbonyl (C=O) groups excluding carboxylic acids is 2. The van der Waals surface area contributed by atoms with E-state index in [0.29, 0.717) is 52.6 Å². The Hall–Kier alpha value is -4.59. The van der Waals surface area contributed by atoms with E-state index in [2.05, 4.69) is 57.4 Å². The SMILES string of the molecule is COc1cc(-c2cc(C(=O)NCCNC(=O)Cc3c(C)cc(C(C)(C)C)cc3C)c3ccccc3n2)cc(OC)c1OC. The third-order valence-corrected chi connectivity index (χ3v) is 7.55. The van der Waals surface area contributed by atoms with E-state index in [4.69, 9.17) is 19.2 Å². The Morgan fingerprint density at radius 2 is 1.42 bits per heavy atom. The molecule has 226 valence electrons. The first-order chi connectivity index (χ1) is 20.5. The molecule has 0 saturated heterocycles. The zero-order valence-electron chi connectivity index (χ0n) is 26.3. The number of aryl methyl sites for hydroxylation is 2. The molecule has 0 radical (unpaired) electrons. The molecule has 3 aromatic carbocycles. The van der Waals surface area contributed by atoms with E-state index in [1.54, 1.807) is 39.5 Å². The minimum Gasteiger partial charge on any atom is -0.493 e. The Kier molecular flexibility index (Phi) is 9.59. The molecule has 1 aromatic heterocycles. The normalized spacial score (nSPS) is 11.3. The van der Waals surface area contributed by atoms with E-state index in [1.807, 2.05) is 24.3 Å². The molecule has 4 rings (SSSR count). The highest BCUT2D eigenvalue weighted by Gasteiger charge is 2.19. The Bertz CT molecular complexity index is 1610. The van der Waals surface area contributed by atoms with Crippen molar-refractivity contribution < 1.29 is 23.8 Å². The van der Waals surface area contributed by atoms with Crippen molar-refractivity contribution in [3.63, 3.8) is 0 Å². The maximum absolute atomic E-state index is 13.4. The number of methoxy groups -OCH3 is 3. The van der Waals surface area contributed by atoms with E-state index in [0.717, 1.165) is 22.1 Å². The summed E-state index contributed by atoms with van der Waals surface area (Å²) in [4.78, 5) is 31.0. The van der Waals surface area contributed by atoms with Gasteiger partial charge in [-0.2, -0.15) is 0 Å². The molecule has 0 saturated carbocycles. The molecule has 0 aliphatic rings. The maximum Gasteiger partial charge on any atom is 0.252 e. The van der Waals surface area contributed by atoms with Crippen molar-refractivity contribution in [2.24, 2.45) is 0 Å². The average molecular weight is 584 g/mol. The quantitative estimate of drug-likeness (QED) is 0.225. The second kappa shape index (κ2) is 13.2. The molecule has 2 N–H and O–H groups in total. The molecular weight excluding hydrogens is 542 g/mol. The minimum absolute atomic E-state index is 0.0454. The molecule has 43 heavy (non-hydrogen) atoms. The minimum atomic E-state index is -0.258. The summed E-state index contributed by atoms with van der Waals surface area (Å²) < 4.78 is 16.5. The third-order valence-electron chi connectivity index (χ3n) is 7.55. The number of benzene rings is 3. The first-order valence-electron chi connectivity index (χ1n) is 14.3. The molecule has 8 nitrogen and oxygen atoms in total. The lowest BCUT2D eigenvalue weighted by molar-refractivity contribution is -0.120. The molecule has 0 spiro atoms. The third kappa shape index (κ3) is 7.08. The molecule has 0 bridgehead atoms. The van der Waals surface area contributed by atoms with Crippen molar-refractivity contribution in [1.82, 2.24) is 15.6 Å². The number of para-hydroxylation sites is 1. The number of amides is 2. The summed E-state index contributed by atoms with van der Waals surface area (Å²) in [5.41, 5.74) is 7.01. The first-order valence-corrected chi connectivity index (χ1v) is 14.3. The van der Waals surface area contributed by atoms with Gasteiger partial charge in [-0.1, -0.05) is 51.1 Å². The number of nitrogens with one attached hydrogen (secondary N) is 2. The number of rotatable bonds is 10. The molecule has 0 unspecified atom stereocenters. The van der Waals surface area contributed by atoms with Crippen LogP contribution in [0.25, 0.3) is 22.2 Å². The van der Waals surface area contributed by atoms with E-state index < -0.39 is 0 Å². The van der Waals surface area contributed by atoms with Crippen molar-refractivity contribution >= 4 is 22.7 Å². The van der Waals surface area contributed by atoms with Crippen LogP contribution < -0.4 is 24.8 Å². The number of nitrogens with zero attached hydrogens (tertiary/aromatic N) is 1. The van der Waals surface area contributed by atoms with Gasteiger partial charge in [0.15, 0.2) is 11.5 Å². The zero-order chi connectivity index (χ0) is 31.3. The van der Waals surface area contributed by atoms with Gasteiger partial charge in [0.2, 0.25) is 11.7 Å². The van der Waals surface area contributed by atoms with Crippen molar-refractivity contribution in [2.45, 2.75) is 46.5 Å². The fourth-order valence-corrected chi connectivity index (χ4v) is 5.14. The standard InChI is InChI=1S/C35H41N3O5/c1-21-15-24(35(3,4)5)16-22(2)26(21)20-32(39)36-13-14-37-34(40)27-19-29(38-28-12-10-9-11-25(27)28)23-17-30(41-6)33(43-8)31(18-23)42-7/h9-12,15-19H,13-14,20H2,1-8H3,(H,36,39)(H,37,40). The van der Waals surface area contributed by atoms with E-state index >= 15 is 0 Å². The first kappa shape index (κ1) is 31.3. The molecule has 0 atom stereocenters. The van der Waals surface area contributed by atoms with Crippen LogP contribution in [0.3, 0.4) is 0 Å². The highest BCUT2D eigenvalue weighted by atomic mass is 16.5. The van der Waals surface area contributed by atoms with Gasteiger partial charge in [-0.05, 0) is 65.8 Å². The Morgan fingerprint density at radius 1 is 0.814 bits per heavy atom. The summed E-state index contributed by atoms with van der Waals surface area (Å²) in [6.07, 6.45) is 0.295. The number of ether oxygens (including phenoxy) is 3. The molecule has 0 fully saturated rings. The second-order valence-corrected chi connectivity index (χ2v) is 11.6. The van der Waals surface area contributed by atoms with Crippen molar-refractivity contribution in [3.8, 4) is 28.5 Å². The number of aromatic nitrogens is 1. The maximum atomic E-state index is 13.4. The van der Waals surface area contributed by atoms with Crippen molar-refractivity contribution in [3.05, 3.63) is 82.4 Å². The van der Waals surface area contributed by atoms with Crippen LogP contribution in [0.4, 0.5) is 0 Å². The highest BCUT2D eigenvalue weighted by molar-refractivity contribution is 6.07. The number of pyridine rings is 1. The van der Waals surface area contributed by atoms with E-state index in [-0.39, 0.29) is 23.8 Å². The monoisotopic (exact) mass is 583 g/mol. The topological polar surface area (TPSA) is 98.8 Å². The van der Waals surface area contributed by atoms with Crippen LogP contribution in [0.1, 0.15) is 53.4 Å². The van der Waals surface area contributed by atoms with E-state index in [9.17, 15) is 9.59 Å². The van der Waals surface area contributed by atoms with Crippen LogP contribution in [-0.4, -0.2) is 51.2 Å². The molecule has 0 aliphatic carbocycles. The molecule has 4 aromatic rings. The van der Waals surface area contributed by atoms with Gasteiger partial charge in [-0.25, -0.2) is 4.98 Å². The van der Waals surface area contributed by atoms with Crippen LogP contribution >= 0.6 is 0 Å². The lowest BCUT2D eigenvalue weighted by atomic mass is 9.83. The Morgan fingerprint density at radius 3 is 2.00 bits per heavy atom. The van der Waals surface area contributed by atoms with Crippen LogP contribution in [0.2, 0.25) is 0 Å². The van der Waals surface area contributed by atoms with Crippen LogP contribution in [0.15, 0.2) is 54.6 Å². The lowest BCUT2D eigenvalue weighted by Gasteiger charge is -2.22. The van der Waals surface area contributed by atoms with Gasteiger partial charge in [0.1, 0.15) is 0 Å². The van der Waals surface area contributed by atoms with Gasteiger partial charge < -0.3 is 24.8 Å². The Balaban J connectivity index is 1.47. The summed E-state index contributed by atoms with van der Waals surface area (Å²) in [5.74, 6) is 1.11. The van der Waals surface area contributed by atoms with Gasteiger partial charge in [0.25, 0.3) is 5.91 Å². The molecule has 2 amide bonds. The molecule has 8 heteroatoms. The van der Waals surface area contributed by atoms with Gasteiger partial charge in [0, 0.05) is 24.0 Å². The van der Waals surface area contributed by atoms with E-state index in [1.165, 1.54) is 5.56 Å². The summed E-state index contributed by atoms with van der Waals surface area (Å²) in [5, 5.41) is 6.62. The predicted molar refractivity (Wildman–Crippen MR) is 170 cm³/mol. The number of hydrogen-bond acceptors (Lipinski definition) is 6. The van der Waals surface area contributed by atoms with Gasteiger partial charge in [-0.15, -0.1) is 0 Å². The number of carbonyl (C=O) groups is 2. The highest BCUT2D eigenvalue weighted by Crippen LogP contribution is 2.41. The lowest BCUT2D eigenvalue weighted by Crippen LogP contribution is -2.35. The van der Waals surface area contributed by atoms with Crippen LogP contribution in [-0.2, 0) is 16.6 Å². The van der Waals surface area contributed by atoms with Gasteiger partial charge in [0.05, 0.1) is 44.5 Å². The average Bonchev–Trinajstić information content (AvgIpc) is 2.98. The predicted octanol–water partition coefficient (Wildman–Crippen LogP) is 5.93. The molecule has 1 heterocycles. The van der Waals surface area contributed by atoms with Crippen molar-refractivity contribution in [1.29, 1.82) is 0 Å². The fraction of sp³-hybridized carbons (Fsp3) is 0.343.